The van der Waals surface area contributed by atoms with Crippen molar-refractivity contribution >= 4 is 69.9 Å². The van der Waals surface area contributed by atoms with Crippen molar-refractivity contribution in [1.82, 2.24) is 15.0 Å². The first-order chi connectivity index (χ1) is 23.5. The largest absolute Gasteiger partial charge is 0.505 e. The highest BCUT2D eigenvalue weighted by molar-refractivity contribution is 7.59. The van der Waals surface area contributed by atoms with Gasteiger partial charge in [-0.05, 0) is 36.8 Å². The molecule has 0 fully saturated rings. The number of phenols is 2. The Hall–Kier alpha value is -5.47. The molecule has 0 radical (unpaired) electrons. The molecule has 0 aliphatic carbocycles. The Morgan fingerprint density at radius 2 is 1.40 bits per heavy atom. The lowest BCUT2D eigenvalue weighted by atomic mass is 10.1. The summed E-state index contributed by atoms with van der Waals surface area (Å²) in [5, 5.41) is 40.9. The van der Waals surface area contributed by atoms with Gasteiger partial charge in [0, 0.05) is 47.4 Å². The van der Waals surface area contributed by atoms with Crippen LogP contribution >= 0.6 is 36.7 Å². The third-order valence-electron chi connectivity index (χ3n) is 6.81. The molecule has 0 aliphatic rings. The molecule has 0 spiro atoms. The van der Waals surface area contributed by atoms with E-state index in [9.17, 15) is 23.5 Å². The highest BCUT2D eigenvalue weighted by Gasteiger charge is 2.17. The normalized spacial score (nSPS) is 10.0. The summed E-state index contributed by atoms with van der Waals surface area (Å²) >= 11 is 12.1. The second-order valence-corrected chi connectivity index (χ2v) is 10.6. The number of rotatable bonds is 5. The summed E-state index contributed by atoms with van der Waals surface area (Å²) in [5.74, 6) is -3.45. The van der Waals surface area contributed by atoms with Gasteiger partial charge in [0.15, 0.2) is 34.7 Å². The van der Waals surface area contributed by atoms with Gasteiger partial charge in [-0.1, -0.05) is 43.1 Å². The summed E-state index contributed by atoms with van der Waals surface area (Å²) in [6, 6.07) is 15.8. The van der Waals surface area contributed by atoms with Crippen LogP contribution in [0.3, 0.4) is 0 Å². The van der Waals surface area contributed by atoms with E-state index in [-0.39, 0.29) is 63.9 Å². The number of fused-ring (bicyclic) bond motifs is 2. The second kappa shape index (κ2) is 17.3. The van der Waals surface area contributed by atoms with E-state index < -0.39 is 29.0 Å². The summed E-state index contributed by atoms with van der Waals surface area (Å²) in [5.41, 5.74) is 2.65. The van der Waals surface area contributed by atoms with Crippen LogP contribution in [0.1, 0.15) is 36.2 Å². The van der Waals surface area contributed by atoms with Crippen LogP contribution in [0.25, 0.3) is 21.8 Å². The van der Waals surface area contributed by atoms with Gasteiger partial charge in [-0.25, -0.2) is 18.2 Å². The maximum absolute atomic E-state index is 14.7. The van der Waals surface area contributed by atoms with Gasteiger partial charge < -0.3 is 20.3 Å². The molecule has 0 saturated carbocycles. The van der Waals surface area contributed by atoms with Gasteiger partial charge in [0.1, 0.15) is 23.9 Å². The van der Waals surface area contributed by atoms with Crippen LogP contribution in [0.15, 0.2) is 67.0 Å². The summed E-state index contributed by atoms with van der Waals surface area (Å²) in [6.07, 6.45) is 2.66. The summed E-state index contributed by atoms with van der Waals surface area (Å²) in [4.78, 5) is 12.1. The molecule has 0 saturated heterocycles. The average Bonchev–Trinajstić information content (AvgIpc) is 3.09. The lowest BCUT2D eigenvalue weighted by molar-refractivity contribution is 0.286. The number of hydrogen-bond donors (Lipinski definition) is 3. The molecule has 15 heteroatoms. The van der Waals surface area contributed by atoms with Crippen LogP contribution in [-0.4, -0.2) is 25.2 Å². The van der Waals surface area contributed by atoms with Crippen LogP contribution < -0.4 is 10.1 Å². The Labute approximate surface area is 301 Å². The van der Waals surface area contributed by atoms with Crippen LogP contribution in [-0.2, 0) is 6.61 Å². The van der Waals surface area contributed by atoms with Crippen molar-refractivity contribution in [2.75, 3.05) is 5.32 Å². The minimum absolute atomic E-state index is 0. The van der Waals surface area contributed by atoms with Crippen LogP contribution in [0.5, 0.6) is 17.2 Å². The number of pyridine rings is 3. The summed E-state index contributed by atoms with van der Waals surface area (Å²) in [7, 11) is 0. The van der Waals surface area contributed by atoms with E-state index in [0.717, 1.165) is 18.2 Å². The Bertz CT molecular complexity index is 2280. The predicted molar refractivity (Wildman–Crippen MR) is 191 cm³/mol. The third kappa shape index (κ3) is 8.76. The first kappa shape index (κ1) is 39.0. The molecule has 9 nitrogen and oxygen atoms in total. The van der Waals surface area contributed by atoms with E-state index in [2.05, 4.69) is 20.3 Å². The number of hydrogen-bond acceptors (Lipinski definition) is 9. The zero-order chi connectivity index (χ0) is 35.8. The SMILES string of the molecule is CC.Cc1c(C#N)cnc2cc(O)c(F)cc12.N#Cc1cnc2cc(O)c(F)cc2c1Nc1cc(F)c(OCc2cccc(Cl)n2)cc1Cl.S. The number of benzene rings is 3. The maximum Gasteiger partial charge on any atom is 0.167 e. The number of nitrogens with zero attached hydrogens (tertiary/aromatic N) is 5. The lowest BCUT2D eigenvalue weighted by Crippen LogP contribution is -2.02. The number of nitriles is 2. The first-order valence-corrected chi connectivity index (χ1v) is 15.1. The Balaban J connectivity index is 0.000000315. The number of aromatic nitrogens is 3. The van der Waals surface area contributed by atoms with Crippen molar-refractivity contribution in [2.24, 2.45) is 0 Å². The number of aryl methyl sites for hydroxylation is 1. The van der Waals surface area contributed by atoms with E-state index in [1.807, 2.05) is 26.0 Å². The zero-order valence-corrected chi connectivity index (χ0v) is 29.0. The fraction of sp³-hybridized carbons (Fsp3) is 0.114. The van der Waals surface area contributed by atoms with Gasteiger partial charge in [0.05, 0.1) is 44.3 Å². The molecule has 0 bridgehead atoms. The van der Waals surface area contributed by atoms with Crippen molar-refractivity contribution in [3.05, 3.63) is 117 Å². The van der Waals surface area contributed by atoms with Crippen molar-refractivity contribution in [3.63, 3.8) is 0 Å². The fourth-order valence-electron chi connectivity index (χ4n) is 4.42. The van der Waals surface area contributed by atoms with Crippen LogP contribution in [0.4, 0.5) is 24.5 Å². The Morgan fingerprint density at radius 3 is 2.00 bits per heavy atom. The van der Waals surface area contributed by atoms with Gasteiger partial charge in [0.2, 0.25) is 0 Å². The number of anilines is 2. The number of halogens is 5. The molecular formula is C35H27Cl2F3N6O3S. The van der Waals surface area contributed by atoms with Crippen molar-refractivity contribution in [3.8, 4) is 29.4 Å². The molecule has 0 atom stereocenters. The fourth-order valence-corrected chi connectivity index (χ4v) is 4.80. The number of phenolic OH excluding ortho intramolecular Hbond substituents is 2. The minimum Gasteiger partial charge on any atom is -0.505 e. The highest BCUT2D eigenvalue weighted by atomic mass is 35.5. The van der Waals surface area contributed by atoms with E-state index in [4.69, 9.17) is 38.3 Å². The number of aromatic hydroxyl groups is 2. The minimum atomic E-state index is -0.895. The monoisotopic (exact) mass is 738 g/mol. The zero-order valence-electron chi connectivity index (χ0n) is 26.5. The van der Waals surface area contributed by atoms with Gasteiger partial charge in [0.25, 0.3) is 0 Å². The molecule has 3 aromatic carbocycles. The molecule has 50 heavy (non-hydrogen) atoms. The Morgan fingerprint density at radius 1 is 0.820 bits per heavy atom. The topological polar surface area (TPSA) is 148 Å². The van der Waals surface area contributed by atoms with Crippen molar-refractivity contribution in [2.45, 2.75) is 27.4 Å². The van der Waals surface area contributed by atoms with Crippen molar-refractivity contribution < 1.29 is 28.1 Å². The van der Waals surface area contributed by atoms with E-state index in [1.54, 1.807) is 25.1 Å². The second-order valence-electron chi connectivity index (χ2n) is 9.84. The smallest absolute Gasteiger partial charge is 0.167 e. The molecule has 6 aromatic rings. The molecule has 3 N–H and O–H groups in total. The molecule has 0 aliphatic heterocycles. The average molecular weight is 740 g/mol. The quantitative estimate of drug-likeness (QED) is 0.147. The lowest BCUT2D eigenvalue weighted by Gasteiger charge is -2.15. The van der Waals surface area contributed by atoms with Gasteiger partial charge in [-0.2, -0.15) is 24.0 Å². The van der Waals surface area contributed by atoms with Gasteiger partial charge in [-0.3, -0.25) is 9.97 Å². The molecule has 0 amide bonds. The molecule has 3 heterocycles. The van der Waals surface area contributed by atoms with Crippen molar-refractivity contribution in [1.29, 1.82) is 10.5 Å². The molecule has 3 aromatic heterocycles. The number of ether oxygens (including phenoxy) is 1. The maximum atomic E-state index is 14.7. The molecule has 0 unspecified atom stereocenters. The van der Waals surface area contributed by atoms with E-state index in [0.29, 0.717) is 27.7 Å². The summed E-state index contributed by atoms with van der Waals surface area (Å²) < 4.78 is 47.2. The Kier molecular flexibility index (Phi) is 13.5. The first-order valence-electron chi connectivity index (χ1n) is 14.4. The van der Waals surface area contributed by atoms with Gasteiger partial charge in [-0.15, -0.1) is 0 Å². The molecular weight excluding hydrogens is 712 g/mol. The molecule has 6 rings (SSSR count). The van der Waals surface area contributed by atoms with E-state index in [1.165, 1.54) is 30.6 Å². The van der Waals surface area contributed by atoms with Gasteiger partial charge >= 0.3 is 0 Å². The highest BCUT2D eigenvalue weighted by Crippen LogP contribution is 2.37. The standard InChI is InChI=1S/C22H12Cl2F2N4O2.C11H7FN2O.C2H6.H2S/c23-14-5-20(32-10-12-2-1-3-21(24)29-12)16(26)6-18(14)30-22-11(8-27)9-28-17-7-19(31)15(25)4-13(17)22;1-6-7(4-13)5-14-10-3-11(15)9(12)2-8(6)10;1-2;/h1-7,9,31H,10H2,(H,28,30);2-3,5,15H,1H3;1-2H3;1H2. The van der Waals surface area contributed by atoms with E-state index >= 15 is 0 Å². The van der Waals surface area contributed by atoms with Crippen LogP contribution in [0, 0.1) is 47.0 Å². The number of nitrogens with one attached hydrogen (secondary N) is 1. The predicted octanol–water partition coefficient (Wildman–Crippen LogP) is 9.51. The third-order valence-corrected chi connectivity index (χ3v) is 7.34. The molecule has 256 valence electrons. The summed E-state index contributed by atoms with van der Waals surface area (Å²) in [6.45, 7) is 5.69. The van der Waals surface area contributed by atoms with Crippen LogP contribution in [0.2, 0.25) is 10.2 Å².